The van der Waals surface area contributed by atoms with Crippen LogP contribution in [0.5, 0.6) is 0 Å². The van der Waals surface area contributed by atoms with E-state index >= 15 is 0 Å². The van der Waals surface area contributed by atoms with Crippen LogP contribution >= 0.6 is 0 Å². The zero-order chi connectivity index (χ0) is 24.0. The highest BCUT2D eigenvalue weighted by molar-refractivity contribution is 5.84. The van der Waals surface area contributed by atoms with Crippen molar-refractivity contribution in [3.63, 3.8) is 0 Å². The minimum absolute atomic E-state index is 0.0176. The standard InChI is InChI=1S/C25H36N6O2/c1-6-19(2)31(24(33)26-25(3,4)5)18-23(32)30-16-14-29(15-17-30)22-13-12-21(27-28-22)20-10-8-7-9-11-20/h7-13,19H,6,14-18H2,1-5H3,(H,26,33)/t19-/m0/s1. The number of nitrogens with zero attached hydrogens (tertiary/aromatic N) is 5. The van der Waals surface area contributed by atoms with Gasteiger partial charge in [0.05, 0.1) is 5.69 Å². The zero-order valence-electron chi connectivity index (χ0n) is 20.4. The molecule has 1 fully saturated rings. The maximum Gasteiger partial charge on any atom is 0.318 e. The van der Waals surface area contributed by atoms with Gasteiger partial charge in [0.25, 0.3) is 0 Å². The first kappa shape index (κ1) is 24.5. The lowest BCUT2D eigenvalue weighted by molar-refractivity contribution is -0.132. The Bertz CT molecular complexity index is 918. The number of rotatable bonds is 6. The first-order valence-corrected chi connectivity index (χ1v) is 11.7. The molecule has 33 heavy (non-hydrogen) atoms. The van der Waals surface area contributed by atoms with Gasteiger partial charge < -0.3 is 20.0 Å². The van der Waals surface area contributed by atoms with E-state index in [2.05, 4.69) is 20.4 Å². The Hall–Kier alpha value is -3.16. The van der Waals surface area contributed by atoms with E-state index in [1.54, 1.807) is 4.90 Å². The van der Waals surface area contributed by atoms with Crippen molar-refractivity contribution in [2.24, 2.45) is 0 Å². The van der Waals surface area contributed by atoms with E-state index in [1.807, 2.05) is 82.0 Å². The summed E-state index contributed by atoms with van der Waals surface area (Å²) in [7, 11) is 0. The van der Waals surface area contributed by atoms with Gasteiger partial charge in [-0.05, 0) is 46.2 Å². The Morgan fingerprint density at radius 3 is 2.24 bits per heavy atom. The molecule has 0 aliphatic carbocycles. The van der Waals surface area contributed by atoms with Crippen molar-refractivity contribution in [1.29, 1.82) is 0 Å². The van der Waals surface area contributed by atoms with Crippen LogP contribution in [0.1, 0.15) is 41.0 Å². The van der Waals surface area contributed by atoms with Crippen molar-refractivity contribution in [1.82, 2.24) is 25.3 Å². The van der Waals surface area contributed by atoms with Gasteiger partial charge in [0, 0.05) is 43.3 Å². The van der Waals surface area contributed by atoms with Gasteiger partial charge in [0.15, 0.2) is 5.82 Å². The molecule has 1 aromatic carbocycles. The Balaban J connectivity index is 1.57. The maximum absolute atomic E-state index is 13.0. The lowest BCUT2D eigenvalue weighted by atomic mass is 10.1. The van der Waals surface area contributed by atoms with E-state index in [0.717, 1.165) is 23.5 Å². The molecular weight excluding hydrogens is 416 g/mol. The van der Waals surface area contributed by atoms with Crippen LogP contribution in [0.4, 0.5) is 10.6 Å². The second kappa shape index (κ2) is 10.6. The molecule has 1 atom stereocenters. The first-order valence-electron chi connectivity index (χ1n) is 11.7. The van der Waals surface area contributed by atoms with Crippen LogP contribution in [0, 0.1) is 0 Å². The average molecular weight is 453 g/mol. The molecule has 178 valence electrons. The molecule has 8 nitrogen and oxygen atoms in total. The largest absolute Gasteiger partial charge is 0.352 e. The lowest BCUT2D eigenvalue weighted by Crippen LogP contribution is -2.56. The van der Waals surface area contributed by atoms with E-state index in [-0.39, 0.29) is 30.1 Å². The lowest BCUT2D eigenvalue weighted by Gasteiger charge is -2.37. The smallest absolute Gasteiger partial charge is 0.318 e. The third kappa shape index (κ3) is 6.66. The summed E-state index contributed by atoms with van der Waals surface area (Å²) in [6, 6.07) is 13.7. The highest BCUT2D eigenvalue weighted by Gasteiger charge is 2.29. The van der Waals surface area contributed by atoms with E-state index < -0.39 is 0 Å². The van der Waals surface area contributed by atoms with Crippen LogP contribution in [-0.4, -0.2) is 76.2 Å². The number of urea groups is 1. The van der Waals surface area contributed by atoms with Crippen molar-refractivity contribution >= 4 is 17.8 Å². The molecule has 0 saturated carbocycles. The van der Waals surface area contributed by atoms with Gasteiger partial charge in [-0.25, -0.2) is 4.79 Å². The fourth-order valence-electron chi connectivity index (χ4n) is 3.73. The van der Waals surface area contributed by atoms with Gasteiger partial charge in [0.2, 0.25) is 5.91 Å². The second-order valence-corrected chi connectivity index (χ2v) is 9.58. The van der Waals surface area contributed by atoms with Crippen LogP contribution in [0.25, 0.3) is 11.3 Å². The second-order valence-electron chi connectivity index (χ2n) is 9.58. The molecule has 3 amide bonds. The number of nitrogens with one attached hydrogen (secondary N) is 1. The van der Waals surface area contributed by atoms with Gasteiger partial charge in [-0.3, -0.25) is 4.79 Å². The van der Waals surface area contributed by atoms with Crippen molar-refractivity contribution in [3.05, 3.63) is 42.5 Å². The molecule has 1 aromatic heterocycles. The Morgan fingerprint density at radius 2 is 1.70 bits per heavy atom. The predicted octanol–water partition coefficient (Wildman–Crippen LogP) is 3.40. The summed E-state index contributed by atoms with van der Waals surface area (Å²) in [6.07, 6.45) is 0.788. The zero-order valence-corrected chi connectivity index (χ0v) is 20.4. The summed E-state index contributed by atoms with van der Waals surface area (Å²) in [5.74, 6) is 0.789. The summed E-state index contributed by atoms with van der Waals surface area (Å²) >= 11 is 0. The first-order chi connectivity index (χ1) is 15.7. The SMILES string of the molecule is CC[C@H](C)N(CC(=O)N1CCN(c2ccc(-c3ccccc3)nn2)CC1)C(=O)NC(C)(C)C. The van der Waals surface area contributed by atoms with Crippen LogP contribution in [0.3, 0.4) is 0 Å². The molecule has 8 heteroatoms. The minimum Gasteiger partial charge on any atom is -0.352 e. The summed E-state index contributed by atoms with van der Waals surface area (Å²) in [5, 5.41) is 11.8. The molecule has 2 aromatic rings. The maximum atomic E-state index is 13.0. The summed E-state index contributed by atoms with van der Waals surface area (Å²) in [6.45, 7) is 12.5. The number of carbonyl (C=O) groups is 2. The van der Waals surface area contributed by atoms with E-state index in [4.69, 9.17) is 0 Å². The number of amides is 3. The number of hydrogen-bond donors (Lipinski definition) is 1. The molecule has 2 heterocycles. The van der Waals surface area contributed by atoms with E-state index in [1.165, 1.54) is 0 Å². The molecular formula is C25H36N6O2. The van der Waals surface area contributed by atoms with Gasteiger partial charge >= 0.3 is 6.03 Å². The molecule has 0 bridgehead atoms. The number of aromatic nitrogens is 2. The number of benzene rings is 1. The Labute approximate surface area is 197 Å². The number of carbonyl (C=O) groups excluding carboxylic acids is 2. The predicted molar refractivity (Wildman–Crippen MR) is 131 cm³/mol. The van der Waals surface area contributed by atoms with Gasteiger partial charge in [-0.2, -0.15) is 0 Å². The fraction of sp³-hybridized carbons (Fsp3) is 0.520. The Kier molecular flexibility index (Phi) is 7.89. The molecule has 1 N–H and O–H groups in total. The van der Waals surface area contributed by atoms with E-state index in [9.17, 15) is 9.59 Å². The van der Waals surface area contributed by atoms with Crippen LogP contribution in [0.15, 0.2) is 42.5 Å². The molecule has 0 radical (unpaired) electrons. The van der Waals surface area contributed by atoms with Crippen molar-refractivity contribution < 1.29 is 9.59 Å². The summed E-state index contributed by atoms with van der Waals surface area (Å²) in [4.78, 5) is 31.4. The highest BCUT2D eigenvalue weighted by atomic mass is 16.2. The Morgan fingerprint density at radius 1 is 1.03 bits per heavy atom. The summed E-state index contributed by atoms with van der Waals surface area (Å²) < 4.78 is 0. The molecule has 1 saturated heterocycles. The molecule has 0 unspecified atom stereocenters. The third-order valence-corrected chi connectivity index (χ3v) is 5.85. The number of piperazine rings is 1. The van der Waals surface area contributed by atoms with Crippen LogP contribution in [-0.2, 0) is 4.79 Å². The summed E-state index contributed by atoms with van der Waals surface area (Å²) in [5.41, 5.74) is 1.52. The third-order valence-electron chi connectivity index (χ3n) is 5.85. The van der Waals surface area contributed by atoms with Crippen molar-refractivity contribution in [2.75, 3.05) is 37.6 Å². The van der Waals surface area contributed by atoms with Gasteiger partial charge in [-0.1, -0.05) is 37.3 Å². The van der Waals surface area contributed by atoms with Crippen LogP contribution in [0.2, 0.25) is 0 Å². The highest BCUT2D eigenvalue weighted by Crippen LogP contribution is 2.19. The molecule has 1 aliphatic heterocycles. The van der Waals surface area contributed by atoms with Crippen molar-refractivity contribution in [3.8, 4) is 11.3 Å². The van der Waals surface area contributed by atoms with Crippen molar-refractivity contribution in [2.45, 2.75) is 52.6 Å². The van der Waals surface area contributed by atoms with Gasteiger partial charge in [-0.15, -0.1) is 10.2 Å². The number of hydrogen-bond acceptors (Lipinski definition) is 5. The molecule has 1 aliphatic rings. The number of anilines is 1. The van der Waals surface area contributed by atoms with Crippen LogP contribution < -0.4 is 10.2 Å². The van der Waals surface area contributed by atoms with Gasteiger partial charge in [0.1, 0.15) is 6.54 Å². The average Bonchev–Trinajstić information content (AvgIpc) is 2.81. The normalized spacial score (nSPS) is 15.2. The monoisotopic (exact) mass is 452 g/mol. The molecule has 0 spiro atoms. The quantitative estimate of drug-likeness (QED) is 0.727. The van der Waals surface area contributed by atoms with E-state index in [0.29, 0.717) is 26.2 Å². The fourth-order valence-corrected chi connectivity index (χ4v) is 3.73. The minimum atomic E-state index is -0.353. The topological polar surface area (TPSA) is 81.7 Å². The molecule has 3 rings (SSSR count).